The predicted octanol–water partition coefficient (Wildman–Crippen LogP) is 1.92. The zero-order valence-corrected chi connectivity index (χ0v) is 9.65. The fourth-order valence-corrected chi connectivity index (χ4v) is 1.32. The van der Waals surface area contributed by atoms with Crippen molar-refractivity contribution in [2.75, 3.05) is 25.4 Å². The monoisotopic (exact) mass is 207 g/mol. The molecule has 0 heterocycles. The van der Waals surface area contributed by atoms with E-state index < -0.39 is 0 Å². The maximum absolute atomic E-state index is 5.07. The Balaban J connectivity index is 2.62. The van der Waals surface area contributed by atoms with Crippen LogP contribution in [0, 0.1) is 11.8 Å². The molecule has 0 atom stereocenters. The number of hydrogen-bond acceptors (Lipinski definition) is 1. The number of hydrogen-bond donors (Lipinski definition) is 0. The molecule has 1 rings (SSSR count). The van der Waals surface area contributed by atoms with Crippen molar-refractivity contribution in [2.45, 2.75) is 0 Å². The molecule has 0 aliphatic rings. The minimum Gasteiger partial charge on any atom is -0.497 e. The van der Waals surface area contributed by atoms with E-state index >= 15 is 0 Å². The lowest BCUT2D eigenvalue weighted by molar-refractivity contribution is 0.415. The van der Waals surface area contributed by atoms with Gasteiger partial charge in [-0.25, -0.2) is 0 Å². The molecular weight excluding hydrogens is 192 g/mol. The summed E-state index contributed by atoms with van der Waals surface area (Å²) in [6.07, 6.45) is 4.39. The van der Waals surface area contributed by atoms with Gasteiger partial charge in [0.25, 0.3) is 0 Å². The molecule has 14 heavy (non-hydrogen) atoms. The Morgan fingerprint density at radius 3 is 2.36 bits per heavy atom. The maximum atomic E-state index is 5.07. The molecule has 74 valence electrons. The second-order valence-electron chi connectivity index (χ2n) is 3.16. The Hall–Kier alpha value is -1.07. The van der Waals surface area contributed by atoms with E-state index in [0.29, 0.717) is 10.9 Å². The molecule has 0 spiro atoms. The summed E-state index contributed by atoms with van der Waals surface area (Å²) in [6.45, 7) is 0. The van der Waals surface area contributed by atoms with Gasteiger partial charge in [-0.3, -0.25) is 0 Å². The minimum absolute atomic E-state index is 0.406. The van der Waals surface area contributed by atoms with E-state index in [1.165, 1.54) is 0 Å². The molecule has 0 N–H and O–H groups in total. The Kier molecular flexibility index (Phi) is 4.42. The van der Waals surface area contributed by atoms with Gasteiger partial charge >= 0.3 is 0 Å². The zero-order chi connectivity index (χ0) is 10.4. The van der Waals surface area contributed by atoms with Crippen molar-refractivity contribution >= 4 is 10.9 Å². The van der Waals surface area contributed by atoms with Crippen LogP contribution in [0.2, 0.25) is 0 Å². The first-order valence-electron chi connectivity index (χ1n) is 4.39. The van der Waals surface area contributed by atoms with E-state index in [2.05, 4.69) is 24.4 Å². The summed E-state index contributed by atoms with van der Waals surface area (Å²) in [4.78, 5) is 0. The topological polar surface area (TPSA) is 9.23 Å². The van der Waals surface area contributed by atoms with Crippen LogP contribution in [0.5, 0.6) is 5.75 Å². The van der Waals surface area contributed by atoms with Gasteiger partial charge in [-0.15, -0.1) is 0 Å². The summed E-state index contributed by atoms with van der Waals surface area (Å²) in [6, 6.07) is 7.83. The average molecular weight is 207 g/mol. The van der Waals surface area contributed by atoms with E-state index in [9.17, 15) is 0 Å². The van der Waals surface area contributed by atoms with Gasteiger partial charge in [0.15, 0.2) is 5.75 Å². The van der Waals surface area contributed by atoms with Crippen molar-refractivity contribution in [1.29, 1.82) is 0 Å². The van der Waals surface area contributed by atoms with E-state index in [1.54, 1.807) is 7.11 Å². The van der Waals surface area contributed by atoms with Crippen LogP contribution >= 0.6 is 0 Å². The molecule has 0 aliphatic heterocycles. The molecular formula is C12H15OS+. The van der Waals surface area contributed by atoms with Crippen molar-refractivity contribution < 1.29 is 4.74 Å². The highest BCUT2D eigenvalue weighted by molar-refractivity contribution is 7.95. The number of rotatable bonds is 2. The molecule has 0 radical (unpaired) electrons. The summed E-state index contributed by atoms with van der Waals surface area (Å²) in [5.41, 5.74) is 1.05. The van der Waals surface area contributed by atoms with Crippen LogP contribution in [0.1, 0.15) is 5.56 Å². The van der Waals surface area contributed by atoms with Crippen LogP contribution in [0.4, 0.5) is 0 Å². The van der Waals surface area contributed by atoms with Crippen molar-refractivity contribution in [3.63, 3.8) is 0 Å². The molecule has 0 amide bonds. The van der Waals surface area contributed by atoms with Gasteiger partial charge in [0, 0.05) is 5.56 Å². The predicted molar refractivity (Wildman–Crippen MR) is 64.0 cm³/mol. The second kappa shape index (κ2) is 5.62. The van der Waals surface area contributed by atoms with Gasteiger partial charge < -0.3 is 4.74 Å². The third-order valence-electron chi connectivity index (χ3n) is 1.68. The Bertz CT molecular complexity index is 330. The van der Waals surface area contributed by atoms with Crippen LogP contribution in [0.25, 0.3) is 0 Å². The second-order valence-corrected chi connectivity index (χ2v) is 5.42. The molecule has 0 saturated heterocycles. The maximum Gasteiger partial charge on any atom is 0.168 e. The SMILES string of the molecule is COc1ccc(C#CC[S+](C)C)cc1. The van der Waals surface area contributed by atoms with Crippen molar-refractivity contribution in [2.24, 2.45) is 0 Å². The van der Waals surface area contributed by atoms with Crippen LogP contribution in [-0.2, 0) is 10.9 Å². The molecule has 0 aromatic heterocycles. The quantitative estimate of drug-likeness (QED) is 0.532. The molecule has 0 saturated carbocycles. The number of ether oxygens (including phenoxy) is 1. The Labute approximate surface area is 88.8 Å². The van der Waals surface area contributed by atoms with Crippen molar-refractivity contribution in [3.05, 3.63) is 29.8 Å². The first-order valence-corrected chi connectivity index (χ1v) is 6.60. The lowest BCUT2D eigenvalue weighted by atomic mass is 10.2. The van der Waals surface area contributed by atoms with Crippen LogP contribution in [0.3, 0.4) is 0 Å². The minimum atomic E-state index is 0.406. The molecule has 1 nitrogen and oxygen atoms in total. The van der Waals surface area contributed by atoms with Gasteiger partial charge in [0.05, 0.1) is 19.6 Å². The largest absolute Gasteiger partial charge is 0.497 e. The smallest absolute Gasteiger partial charge is 0.168 e. The molecule has 0 bridgehead atoms. The molecule has 0 aliphatic carbocycles. The fraction of sp³-hybridized carbons (Fsp3) is 0.333. The lowest BCUT2D eigenvalue weighted by Crippen LogP contribution is -1.97. The van der Waals surface area contributed by atoms with Gasteiger partial charge in [-0.2, -0.15) is 0 Å². The summed E-state index contributed by atoms with van der Waals surface area (Å²) in [7, 11) is 2.07. The van der Waals surface area contributed by atoms with Crippen molar-refractivity contribution in [3.8, 4) is 17.6 Å². The van der Waals surface area contributed by atoms with E-state index in [-0.39, 0.29) is 0 Å². The highest BCUT2D eigenvalue weighted by Gasteiger charge is 1.95. The van der Waals surface area contributed by atoms with E-state index in [0.717, 1.165) is 17.1 Å². The lowest BCUT2D eigenvalue weighted by Gasteiger charge is -1.97. The Morgan fingerprint density at radius 2 is 1.86 bits per heavy atom. The van der Waals surface area contributed by atoms with Crippen molar-refractivity contribution in [1.82, 2.24) is 0 Å². The Morgan fingerprint density at radius 1 is 1.21 bits per heavy atom. The van der Waals surface area contributed by atoms with Crippen LogP contribution in [0.15, 0.2) is 24.3 Å². The van der Waals surface area contributed by atoms with E-state index in [4.69, 9.17) is 4.74 Å². The van der Waals surface area contributed by atoms with Gasteiger partial charge in [-0.05, 0) is 41.1 Å². The molecule has 1 aromatic rings. The summed E-state index contributed by atoms with van der Waals surface area (Å²) in [5.74, 6) is 8.14. The zero-order valence-electron chi connectivity index (χ0n) is 8.83. The first-order chi connectivity index (χ1) is 6.72. The van der Waals surface area contributed by atoms with Crippen LogP contribution in [-0.4, -0.2) is 25.4 Å². The fourth-order valence-electron chi connectivity index (χ4n) is 0.957. The van der Waals surface area contributed by atoms with E-state index in [1.807, 2.05) is 24.3 Å². The summed E-state index contributed by atoms with van der Waals surface area (Å²) >= 11 is 0. The molecule has 0 fully saturated rings. The normalized spacial score (nSPS) is 9.43. The van der Waals surface area contributed by atoms with Gasteiger partial charge in [0.2, 0.25) is 0 Å². The van der Waals surface area contributed by atoms with Gasteiger partial charge in [-0.1, -0.05) is 5.92 Å². The molecule has 2 heteroatoms. The standard InChI is InChI=1S/C12H15OS/c1-13-12-8-6-11(7-9-12)5-4-10-14(2)3/h6-9H,10H2,1-3H3/q+1. The van der Waals surface area contributed by atoms with Crippen LogP contribution < -0.4 is 4.74 Å². The third kappa shape index (κ3) is 3.76. The molecule has 0 unspecified atom stereocenters. The molecule has 1 aromatic carbocycles. The number of methoxy groups -OCH3 is 1. The highest BCUT2D eigenvalue weighted by Crippen LogP contribution is 2.09. The first kappa shape index (κ1) is 11.0. The number of benzene rings is 1. The summed E-state index contributed by atoms with van der Waals surface area (Å²) < 4.78 is 5.07. The summed E-state index contributed by atoms with van der Waals surface area (Å²) in [5, 5.41) is 0. The third-order valence-corrected chi connectivity index (χ3v) is 2.41. The average Bonchev–Trinajstić information content (AvgIpc) is 2.18. The van der Waals surface area contributed by atoms with Gasteiger partial charge in [0.1, 0.15) is 5.75 Å². The highest BCUT2D eigenvalue weighted by atomic mass is 32.2.